The van der Waals surface area contributed by atoms with E-state index in [1.807, 2.05) is 23.6 Å². The third-order valence-corrected chi connectivity index (χ3v) is 4.17. The molecular formula is C15H31N3O2. The van der Waals surface area contributed by atoms with Crippen LogP contribution in [0.2, 0.25) is 0 Å². The fourth-order valence-corrected chi connectivity index (χ4v) is 3.04. The van der Waals surface area contributed by atoms with Gasteiger partial charge < -0.3 is 14.5 Å². The molecule has 0 N–H and O–H groups in total. The van der Waals surface area contributed by atoms with E-state index in [1.54, 1.807) is 7.11 Å². The summed E-state index contributed by atoms with van der Waals surface area (Å²) in [5, 5.41) is 0. The summed E-state index contributed by atoms with van der Waals surface area (Å²) in [4.78, 5) is 18.8. The minimum absolute atomic E-state index is 0.185. The van der Waals surface area contributed by atoms with E-state index in [4.69, 9.17) is 4.74 Å². The lowest BCUT2D eigenvalue weighted by molar-refractivity contribution is 0.0395. The van der Waals surface area contributed by atoms with Gasteiger partial charge in [-0.1, -0.05) is 0 Å². The predicted octanol–water partition coefficient (Wildman–Crippen LogP) is 1.88. The molecule has 0 aromatic heterocycles. The Morgan fingerprint density at radius 1 is 1.20 bits per heavy atom. The van der Waals surface area contributed by atoms with Crippen molar-refractivity contribution in [3.8, 4) is 0 Å². The van der Waals surface area contributed by atoms with Gasteiger partial charge >= 0.3 is 6.03 Å². The van der Waals surface area contributed by atoms with Crippen molar-refractivity contribution in [3.05, 3.63) is 0 Å². The maximum atomic E-state index is 12.4. The lowest BCUT2D eigenvalue weighted by Crippen LogP contribution is -2.60. The van der Waals surface area contributed by atoms with E-state index in [0.717, 1.165) is 45.8 Å². The molecule has 0 aromatic carbocycles. The molecule has 1 aliphatic heterocycles. The Kier molecular flexibility index (Phi) is 7.30. The quantitative estimate of drug-likeness (QED) is 0.699. The van der Waals surface area contributed by atoms with Crippen LogP contribution in [0.25, 0.3) is 0 Å². The molecule has 1 saturated heterocycles. The first-order valence-electron chi connectivity index (χ1n) is 7.83. The van der Waals surface area contributed by atoms with Gasteiger partial charge in [0.25, 0.3) is 0 Å². The smallest absolute Gasteiger partial charge is 0.320 e. The van der Waals surface area contributed by atoms with Gasteiger partial charge in [0, 0.05) is 58.5 Å². The third-order valence-electron chi connectivity index (χ3n) is 4.17. The van der Waals surface area contributed by atoms with Gasteiger partial charge in [-0.25, -0.2) is 4.79 Å². The van der Waals surface area contributed by atoms with E-state index >= 15 is 0 Å². The van der Waals surface area contributed by atoms with Crippen molar-refractivity contribution in [2.45, 2.75) is 46.2 Å². The second-order valence-electron chi connectivity index (χ2n) is 5.64. The van der Waals surface area contributed by atoms with E-state index in [9.17, 15) is 4.79 Å². The molecule has 0 radical (unpaired) electrons. The fourth-order valence-electron chi connectivity index (χ4n) is 3.04. The number of hydrogen-bond acceptors (Lipinski definition) is 3. The number of amides is 2. The first-order chi connectivity index (χ1) is 9.54. The van der Waals surface area contributed by atoms with Gasteiger partial charge in [0.1, 0.15) is 0 Å². The number of carbonyl (C=O) groups is 1. The molecule has 2 atom stereocenters. The second kappa shape index (κ2) is 8.47. The summed E-state index contributed by atoms with van der Waals surface area (Å²) >= 11 is 0. The Balaban J connectivity index is 2.56. The highest BCUT2D eigenvalue weighted by Gasteiger charge is 2.32. The molecule has 118 valence electrons. The van der Waals surface area contributed by atoms with Crippen molar-refractivity contribution in [2.24, 2.45) is 0 Å². The van der Waals surface area contributed by atoms with Crippen molar-refractivity contribution in [3.63, 3.8) is 0 Å². The molecule has 0 spiro atoms. The Morgan fingerprint density at radius 3 is 2.20 bits per heavy atom. The highest BCUT2D eigenvalue weighted by Crippen LogP contribution is 2.17. The van der Waals surface area contributed by atoms with Crippen LogP contribution in [0.15, 0.2) is 0 Å². The molecule has 5 heteroatoms. The van der Waals surface area contributed by atoms with Gasteiger partial charge in [-0.15, -0.1) is 0 Å². The van der Waals surface area contributed by atoms with Crippen LogP contribution in [0.3, 0.4) is 0 Å². The molecule has 5 nitrogen and oxygen atoms in total. The van der Waals surface area contributed by atoms with Crippen LogP contribution in [0.5, 0.6) is 0 Å². The highest BCUT2D eigenvalue weighted by molar-refractivity contribution is 5.74. The molecule has 0 saturated carbocycles. The zero-order chi connectivity index (χ0) is 15.1. The van der Waals surface area contributed by atoms with Crippen molar-refractivity contribution >= 4 is 6.03 Å². The summed E-state index contributed by atoms with van der Waals surface area (Å²) in [5.74, 6) is 0. The van der Waals surface area contributed by atoms with Crippen molar-refractivity contribution in [2.75, 3.05) is 46.4 Å². The largest absolute Gasteiger partial charge is 0.385 e. The summed E-state index contributed by atoms with van der Waals surface area (Å²) in [7, 11) is 1.74. The summed E-state index contributed by atoms with van der Waals surface area (Å²) < 4.78 is 5.13. The standard InChI is InChI=1S/C15H31N3O2/c1-6-16(7-2)15(19)17-11-13(3)18(14(4)12-17)9-8-10-20-5/h13-14H,6-12H2,1-5H3. The molecule has 0 bridgehead atoms. The first-order valence-corrected chi connectivity index (χ1v) is 7.83. The van der Waals surface area contributed by atoms with Crippen LogP contribution < -0.4 is 0 Å². The Bertz CT molecular complexity index is 283. The van der Waals surface area contributed by atoms with Gasteiger partial charge in [-0.2, -0.15) is 0 Å². The summed E-state index contributed by atoms with van der Waals surface area (Å²) in [6, 6.07) is 1.01. The van der Waals surface area contributed by atoms with E-state index in [2.05, 4.69) is 18.7 Å². The maximum absolute atomic E-state index is 12.4. The van der Waals surface area contributed by atoms with E-state index < -0.39 is 0 Å². The Morgan fingerprint density at radius 2 is 1.75 bits per heavy atom. The lowest BCUT2D eigenvalue weighted by Gasteiger charge is -2.45. The summed E-state index contributed by atoms with van der Waals surface area (Å²) in [5.41, 5.74) is 0. The number of urea groups is 1. The molecule has 1 fully saturated rings. The first kappa shape index (κ1) is 17.2. The number of nitrogens with zero attached hydrogens (tertiary/aromatic N) is 3. The van der Waals surface area contributed by atoms with E-state index in [0.29, 0.717) is 12.1 Å². The topological polar surface area (TPSA) is 36.0 Å². The molecule has 1 rings (SSSR count). The normalized spacial score (nSPS) is 23.9. The van der Waals surface area contributed by atoms with Crippen LogP contribution >= 0.6 is 0 Å². The van der Waals surface area contributed by atoms with Crippen molar-refractivity contribution in [1.29, 1.82) is 0 Å². The molecular weight excluding hydrogens is 254 g/mol. The van der Waals surface area contributed by atoms with Crippen LogP contribution in [0, 0.1) is 0 Å². The van der Waals surface area contributed by atoms with Crippen LogP contribution in [0.4, 0.5) is 4.79 Å². The number of methoxy groups -OCH3 is 1. The highest BCUT2D eigenvalue weighted by atomic mass is 16.5. The molecule has 0 aliphatic carbocycles. The molecule has 20 heavy (non-hydrogen) atoms. The average molecular weight is 285 g/mol. The van der Waals surface area contributed by atoms with Gasteiger partial charge in [-0.05, 0) is 34.1 Å². The molecule has 1 aliphatic rings. The fraction of sp³-hybridized carbons (Fsp3) is 0.933. The van der Waals surface area contributed by atoms with Gasteiger partial charge in [0.2, 0.25) is 0 Å². The number of ether oxygens (including phenoxy) is 1. The number of hydrogen-bond donors (Lipinski definition) is 0. The number of rotatable bonds is 6. The number of carbonyl (C=O) groups excluding carboxylic acids is 1. The lowest BCUT2D eigenvalue weighted by atomic mass is 10.1. The number of piperazine rings is 1. The molecule has 2 amide bonds. The maximum Gasteiger partial charge on any atom is 0.320 e. The van der Waals surface area contributed by atoms with E-state index in [1.165, 1.54) is 0 Å². The van der Waals surface area contributed by atoms with Gasteiger partial charge in [0.15, 0.2) is 0 Å². The Labute approximate surface area is 123 Å². The summed E-state index contributed by atoms with van der Waals surface area (Å²) in [6.07, 6.45) is 1.05. The third kappa shape index (κ3) is 4.35. The predicted molar refractivity (Wildman–Crippen MR) is 82.0 cm³/mol. The van der Waals surface area contributed by atoms with Crippen molar-refractivity contribution in [1.82, 2.24) is 14.7 Å². The van der Waals surface area contributed by atoms with Crippen LogP contribution in [0.1, 0.15) is 34.1 Å². The zero-order valence-corrected chi connectivity index (χ0v) is 13.8. The van der Waals surface area contributed by atoms with E-state index in [-0.39, 0.29) is 6.03 Å². The molecule has 2 unspecified atom stereocenters. The zero-order valence-electron chi connectivity index (χ0n) is 13.8. The van der Waals surface area contributed by atoms with Crippen LogP contribution in [-0.2, 0) is 4.74 Å². The summed E-state index contributed by atoms with van der Waals surface area (Å²) in [6.45, 7) is 13.6. The van der Waals surface area contributed by atoms with Gasteiger partial charge in [-0.3, -0.25) is 4.90 Å². The van der Waals surface area contributed by atoms with Gasteiger partial charge in [0.05, 0.1) is 0 Å². The van der Waals surface area contributed by atoms with Crippen LogP contribution in [-0.4, -0.2) is 79.3 Å². The molecule has 0 aromatic rings. The van der Waals surface area contributed by atoms with Crippen molar-refractivity contribution < 1.29 is 9.53 Å². The minimum atomic E-state index is 0.185. The average Bonchev–Trinajstić information content (AvgIpc) is 2.43. The second-order valence-corrected chi connectivity index (χ2v) is 5.64. The molecule has 1 heterocycles. The minimum Gasteiger partial charge on any atom is -0.385 e. The SMILES string of the molecule is CCN(CC)C(=O)N1CC(C)N(CCCOC)C(C)C1. The Hall–Kier alpha value is -0.810. The monoisotopic (exact) mass is 285 g/mol.